The number of hydrogen-bond donors (Lipinski definition) is 3. The van der Waals surface area contributed by atoms with E-state index in [1.54, 1.807) is 32.3 Å². The number of H-pyrrole nitrogens is 1. The van der Waals surface area contributed by atoms with Gasteiger partial charge >= 0.3 is 5.97 Å². The fourth-order valence-electron chi connectivity index (χ4n) is 3.90. The van der Waals surface area contributed by atoms with E-state index in [0.29, 0.717) is 28.2 Å². The molecule has 4 aromatic rings. The number of thiazole rings is 1. The Labute approximate surface area is 201 Å². The molecular formula is C26H24N4O3S. The molecule has 34 heavy (non-hydrogen) atoms. The van der Waals surface area contributed by atoms with Crippen LogP contribution in [0.15, 0.2) is 48.1 Å². The summed E-state index contributed by atoms with van der Waals surface area (Å²) in [5.41, 5.74) is 6.60. The highest BCUT2D eigenvalue weighted by atomic mass is 32.1. The SMILES string of the molecule is CC.Cc1[nH]c(/C=C2\C(=O)Nc3ccc(-c4csc(-c5cccnc5)n4)cc32)c(C)c1C(=O)O. The Kier molecular flexibility index (Phi) is 6.43. The Hall–Kier alpha value is -4.04. The Morgan fingerprint density at radius 1 is 1.15 bits per heavy atom. The number of carboxylic acids is 1. The lowest BCUT2D eigenvalue weighted by molar-refractivity contribution is -0.110. The number of carboxylic acid groups (broad SMARTS) is 1. The quantitative estimate of drug-likeness (QED) is 0.314. The number of nitrogens with zero attached hydrogens (tertiary/aromatic N) is 2. The van der Waals surface area contributed by atoms with Gasteiger partial charge in [0, 0.05) is 51.5 Å². The fourth-order valence-corrected chi connectivity index (χ4v) is 4.72. The zero-order valence-electron chi connectivity index (χ0n) is 19.3. The number of carbonyl (C=O) groups excluding carboxylic acids is 1. The van der Waals surface area contributed by atoms with Gasteiger partial charge in [0.1, 0.15) is 5.01 Å². The maximum Gasteiger partial charge on any atom is 0.337 e. The predicted octanol–water partition coefficient (Wildman–Crippen LogP) is 6.03. The molecule has 0 bridgehead atoms. The molecule has 1 aliphatic heterocycles. The molecule has 1 aromatic carbocycles. The predicted molar refractivity (Wildman–Crippen MR) is 136 cm³/mol. The summed E-state index contributed by atoms with van der Waals surface area (Å²) in [5.74, 6) is -1.22. The first-order valence-electron chi connectivity index (χ1n) is 10.9. The summed E-state index contributed by atoms with van der Waals surface area (Å²) in [6.45, 7) is 7.44. The van der Waals surface area contributed by atoms with Crippen molar-refractivity contribution in [2.24, 2.45) is 0 Å². The maximum absolute atomic E-state index is 12.7. The van der Waals surface area contributed by atoms with Crippen molar-refractivity contribution in [3.05, 3.63) is 76.2 Å². The summed E-state index contributed by atoms with van der Waals surface area (Å²) in [7, 11) is 0. The molecule has 0 atom stereocenters. The monoisotopic (exact) mass is 472 g/mol. The molecular weight excluding hydrogens is 448 g/mol. The number of carbonyl (C=O) groups is 2. The second-order valence-electron chi connectivity index (χ2n) is 7.52. The summed E-state index contributed by atoms with van der Waals surface area (Å²) in [6.07, 6.45) is 5.21. The van der Waals surface area contributed by atoms with E-state index in [-0.39, 0.29) is 11.5 Å². The number of benzene rings is 1. The van der Waals surface area contributed by atoms with Gasteiger partial charge in [-0.1, -0.05) is 19.9 Å². The Morgan fingerprint density at radius 2 is 1.94 bits per heavy atom. The fraction of sp³-hybridized carbons (Fsp3) is 0.154. The number of anilines is 1. The number of hydrogen-bond acceptors (Lipinski definition) is 5. The van der Waals surface area contributed by atoms with Crippen molar-refractivity contribution in [1.82, 2.24) is 15.0 Å². The van der Waals surface area contributed by atoms with Crippen molar-refractivity contribution in [1.29, 1.82) is 0 Å². The van der Waals surface area contributed by atoms with Gasteiger partial charge in [0.25, 0.3) is 5.91 Å². The van der Waals surface area contributed by atoms with Crippen molar-refractivity contribution in [2.75, 3.05) is 5.32 Å². The molecule has 0 radical (unpaired) electrons. The van der Waals surface area contributed by atoms with Crippen molar-refractivity contribution in [2.45, 2.75) is 27.7 Å². The van der Waals surface area contributed by atoms with Crippen molar-refractivity contribution < 1.29 is 14.7 Å². The third kappa shape index (κ3) is 4.15. The molecule has 1 aliphatic rings. The molecule has 0 aliphatic carbocycles. The van der Waals surface area contributed by atoms with Crippen LogP contribution in [-0.2, 0) is 4.79 Å². The molecule has 8 heteroatoms. The average molecular weight is 473 g/mol. The molecule has 0 saturated heterocycles. The summed E-state index contributed by atoms with van der Waals surface area (Å²) in [5, 5.41) is 15.2. The lowest BCUT2D eigenvalue weighted by Crippen LogP contribution is -2.03. The highest BCUT2D eigenvalue weighted by molar-refractivity contribution is 7.13. The van der Waals surface area contributed by atoms with E-state index < -0.39 is 5.97 Å². The third-order valence-electron chi connectivity index (χ3n) is 5.49. The molecule has 0 unspecified atom stereocenters. The van der Waals surface area contributed by atoms with Crippen LogP contribution in [0.2, 0.25) is 0 Å². The zero-order valence-corrected chi connectivity index (χ0v) is 20.1. The van der Waals surface area contributed by atoms with Gasteiger partial charge in [-0.15, -0.1) is 11.3 Å². The number of pyridine rings is 1. The minimum Gasteiger partial charge on any atom is -0.478 e. The minimum atomic E-state index is -0.993. The lowest BCUT2D eigenvalue weighted by Gasteiger charge is -2.03. The number of aromatic nitrogens is 3. The number of fused-ring (bicyclic) bond motifs is 1. The molecule has 5 rings (SSSR count). The van der Waals surface area contributed by atoms with Gasteiger partial charge in [-0.25, -0.2) is 9.78 Å². The molecule has 3 aromatic heterocycles. The number of amides is 1. The number of rotatable bonds is 4. The minimum absolute atomic E-state index is 0.227. The number of aryl methyl sites for hydroxylation is 1. The van der Waals surface area contributed by atoms with E-state index in [4.69, 9.17) is 4.98 Å². The van der Waals surface area contributed by atoms with Crippen LogP contribution in [0.4, 0.5) is 5.69 Å². The highest BCUT2D eigenvalue weighted by Crippen LogP contribution is 2.37. The standard InChI is InChI=1S/C24H18N4O3S.C2H6/c1-12-19(26-13(2)21(12)24(30)31)9-17-16-8-14(5-6-18(16)27-22(17)29)20-11-32-23(28-20)15-4-3-7-25-10-15;1-2/h3-11,26H,1-2H3,(H,27,29)(H,30,31);1-2H3/b17-9-;. The summed E-state index contributed by atoms with van der Waals surface area (Å²) in [4.78, 5) is 36.2. The number of nitrogens with one attached hydrogen (secondary N) is 2. The van der Waals surface area contributed by atoms with E-state index in [9.17, 15) is 14.7 Å². The smallest absolute Gasteiger partial charge is 0.337 e. The summed E-state index contributed by atoms with van der Waals surface area (Å²) in [6, 6.07) is 9.57. The van der Waals surface area contributed by atoms with E-state index in [2.05, 4.69) is 15.3 Å². The van der Waals surface area contributed by atoms with E-state index >= 15 is 0 Å². The molecule has 7 nitrogen and oxygen atoms in total. The second-order valence-corrected chi connectivity index (χ2v) is 8.38. The van der Waals surface area contributed by atoms with Gasteiger partial charge in [-0.2, -0.15) is 0 Å². The van der Waals surface area contributed by atoms with Gasteiger partial charge in [-0.3, -0.25) is 9.78 Å². The van der Waals surface area contributed by atoms with Crippen LogP contribution in [-0.4, -0.2) is 31.9 Å². The van der Waals surface area contributed by atoms with Crippen LogP contribution in [0.5, 0.6) is 0 Å². The van der Waals surface area contributed by atoms with Gasteiger partial charge in [0.15, 0.2) is 0 Å². The topological polar surface area (TPSA) is 108 Å². The molecule has 3 N–H and O–H groups in total. The van der Waals surface area contributed by atoms with Crippen LogP contribution in [0.25, 0.3) is 33.5 Å². The highest BCUT2D eigenvalue weighted by Gasteiger charge is 2.26. The number of aromatic carboxylic acids is 1. The third-order valence-corrected chi connectivity index (χ3v) is 6.38. The van der Waals surface area contributed by atoms with E-state index in [1.165, 1.54) is 11.3 Å². The largest absolute Gasteiger partial charge is 0.478 e. The maximum atomic E-state index is 12.7. The van der Waals surface area contributed by atoms with Gasteiger partial charge in [0.05, 0.1) is 16.8 Å². The van der Waals surface area contributed by atoms with Gasteiger partial charge in [0.2, 0.25) is 0 Å². The normalized spacial score (nSPS) is 13.3. The first-order valence-corrected chi connectivity index (χ1v) is 11.8. The van der Waals surface area contributed by atoms with Gasteiger partial charge < -0.3 is 15.4 Å². The zero-order chi connectivity index (χ0) is 24.4. The first-order chi connectivity index (χ1) is 16.4. The molecule has 0 saturated carbocycles. The Balaban J connectivity index is 0.00000133. The van der Waals surface area contributed by atoms with Crippen LogP contribution in [0, 0.1) is 13.8 Å². The van der Waals surface area contributed by atoms with Crippen LogP contribution < -0.4 is 5.32 Å². The van der Waals surface area contributed by atoms with Crippen molar-refractivity contribution in [3.8, 4) is 21.8 Å². The van der Waals surface area contributed by atoms with Crippen molar-refractivity contribution in [3.63, 3.8) is 0 Å². The lowest BCUT2D eigenvalue weighted by atomic mass is 10.0. The summed E-state index contributed by atoms with van der Waals surface area (Å²) >= 11 is 1.53. The first kappa shape index (κ1) is 23.1. The number of aromatic amines is 1. The van der Waals surface area contributed by atoms with Crippen molar-refractivity contribution >= 4 is 40.5 Å². The Bertz CT molecular complexity index is 1420. The molecule has 4 heterocycles. The Morgan fingerprint density at radius 3 is 2.62 bits per heavy atom. The second kappa shape index (κ2) is 9.44. The molecule has 0 fully saturated rings. The van der Waals surface area contributed by atoms with Gasteiger partial charge in [-0.05, 0) is 49.8 Å². The summed E-state index contributed by atoms with van der Waals surface area (Å²) < 4.78 is 0. The molecule has 1 amide bonds. The average Bonchev–Trinajstić information content (AvgIpc) is 3.52. The molecule has 172 valence electrons. The van der Waals surface area contributed by atoms with Crippen LogP contribution >= 0.6 is 11.3 Å². The molecule has 0 spiro atoms. The van der Waals surface area contributed by atoms with Crippen LogP contribution in [0.1, 0.15) is 46.7 Å². The van der Waals surface area contributed by atoms with Crippen LogP contribution in [0.3, 0.4) is 0 Å². The van der Waals surface area contributed by atoms with E-state index in [0.717, 1.165) is 27.4 Å². The van der Waals surface area contributed by atoms with E-state index in [1.807, 2.05) is 49.6 Å².